The molecule has 6 nitrogen and oxygen atoms in total. The third kappa shape index (κ3) is 1.50. The summed E-state index contributed by atoms with van der Waals surface area (Å²) in [7, 11) is 1.79. The first-order valence-electron chi connectivity index (χ1n) is 5.08. The summed E-state index contributed by atoms with van der Waals surface area (Å²) in [6.45, 7) is 0. The number of fused-ring (bicyclic) bond motifs is 1. The molecule has 1 aromatic heterocycles. The fourth-order valence-corrected chi connectivity index (χ4v) is 1.67. The van der Waals surface area contributed by atoms with Crippen molar-refractivity contribution in [3.8, 4) is 22.8 Å². The summed E-state index contributed by atoms with van der Waals surface area (Å²) in [6.07, 6.45) is 4.90. The molecule has 0 fully saturated rings. The van der Waals surface area contributed by atoms with Gasteiger partial charge < -0.3 is 5.10 Å². The van der Waals surface area contributed by atoms with Crippen molar-refractivity contribution in [2.45, 2.75) is 0 Å². The second-order valence-corrected chi connectivity index (χ2v) is 3.66. The second kappa shape index (κ2) is 3.51. The van der Waals surface area contributed by atoms with Gasteiger partial charge in [0.1, 0.15) is 5.56 Å². The summed E-state index contributed by atoms with van der Waals surface area (Å²) in [5, 5.41) is 2.89. The Labute approximate surface area is 96.3 Å². The zero-order chi connectivity index (χ0) is 11.8. The quantitative estimate of drug-likeness (QED) is 0.663. The summed E-state index contributed by atoms with van der Waals surface area (Å²) < 4.78 is 1.68. The van der Waals surface area contributed by atoms with E-state index in [4.69, 9.17) is 0 Å². The van der Waals surface area contributed by atoms with Gasteiger partial charge in [-0.1, -0.05) is 0 Å². The van der Waals surface area contributed by atoms with Crippen molar-refractivity contribution in [3.63, 3.8) is 0 Å². The van der Waals surface area contributed by atoms with Gasteiger partial charge in [0.25, 0.3) is 5.56 Å². The van der Waals surface area contributed by atoms with E-state index in [0.717, 1.165) is 5.56 Å². The lowest BCUT2D eigenvalue weighted by molar-refractivity contribution is 0.761. The molecule has 0 aromatic carbocycles. The van der Waals surface area contributed by atoms with Crippen LogP contribution in [0, 0.1) is 0 Å². The van der Waals surface area contributed by atoms with Crippen LogP contribution in [0.1, 0.15) is 0 Å². The van der Waals surface area contributed by atoms with Crippen LogP contribution in [0.3, 0.4) is 0 Å². The summed E-state index contributed by atoms with van der Waals surface area (Å²) in [4.78, 5) is 24.1. The summed E-state index contributed by atoms with van der Waals surface area (Å²) in [5.41, 5.74) is 0.929. The second-order valence-electron chi connectivity index (χ2n) is 3.66. The van der Waals surface area contributed by atoms with Crippen molar-refractivity contribution in [2.24, 2.45) is 7.05 Å². The molecule has 0 amide bonds. The van der Waals surface area contributed by atoms with Gasteiger partial charge in [-0.15, -0.1) is 0 Å². The number of aryl methyl sites for hydroxylation is 1. The minimum Gasteiger partial charge on any atom is -0.304 e. The number of nitrogens with one attached hydrogen (secondary N) is 1. The van der Waals surface area contributed by atoms with E-state index in [9.17, 15) is 4.79 Å². The maximum atomic E-state index is 11.8. The number of H-pyrrole nitrogens is 1. The van der Waals surface area contributed by atoms with Crippen LogP contribution in [0.5, 0.6) is 0 Å². The molecule has 84 valence electrons. The van der Waals surface area contributed by atoms with Crippen molar-refractivity contribution in [1.29, 1.82) is 0 Å². The lowest BCUT2D eigenvalue weighted by atomic mass is 10.2. The van der Waals surface area contributed by atoms with E-state index in [2.05, 4.69) is 20.1 Å². The van der Waals surface area contributed by atoms with Gasteiger partial charge in [0.2, 0.25) is 0 Å². The van der Waals surface area contributed by atoms with Crippen molar-refractivity contribution < 1.29 is 0 Å². The summed E-state index contributed by atoms with van der Waals surface area (Å²) >= 11 is 0. The Morgan fingerprint density at radius 2 is 2.24 bits per heavy atom. The summed E-state index contributed by atoms with van der Waals surface area (Å²) in [6, 6.07) is 3.60. The molecule has 3 heterocycles. The van der Waals surface area contributed by atoms with E-state index in [-0.39, 0.29) is 5.56 Å². The lowest BCUT2D eigenvalue weighted by Crippen LogP contribution is -2.13. The molecule has 0 aliphatic carbocycles. The molecule has 0 bridgehead atoms. The fourth-order valence-electron chi connectivity index (χ4n) is 1.67. The van der Waals surface area contributed by atoms with E-state index in [1.807, 2.05) is 6.07 Å². The first-order chi connectivity index (χ1) is 8.25. The van der Waals surface area contributed by atoms with Gasteiger partial charge in [-0.05, 0) is 12.1 Å². The van der Waals surface area contributed by atoms with Crippen molar-refractivity contribution in [1.82, 2.24) is 24.7 Å². The van der Waals surface area contributed by atoms with Gasteiger partial charge in [-0.2, -0.15) is 4.98 Å². The minimum atomic E-state index is -0.286. The van der Waals surface area contributed by atoms with E-state index in [1.54, 1.807) is 36.4 Å². The molecule has 2 aliphatic rings. The Hall–Kier alpha value is -2.50. The molecule has 2 aliphatic heterocycles. The average Bonchev–Trinajstić information content (AvgIpc) is 2.73. The maximum absolute atomic E-state index is 11.8. The Morgan fingerprint density at radius 3 is 3.00 bits per heavy atom. The van der Waals surface area contributed by atoms with Gasteiger partial charge in [-0.3, -0.25) is 14.5 Å². The van der Waals surface area contributed by atoms with Crippen LogP contribution in [0.15, 0.2) is 35.5 Å². The molecular weight excluding hydrogens is 218 g/mol. The zero-order valence-electron chi connectivity index (χ0n) is 9.08. The molecule has 1 N–H and O–H groups in total. The smallest absolute Gasteiger partial charge is 0.284 e. The molecule has 17 heavy (non-hydrogen) atoms. The van der Waals surface area contributed by atoms with Gasteiger partial charge in [-0.25, -0.2) is 4.98 Å². The molecular formula is C11H9N5O. The minimum absolute atomic E-state index is 0.286. The number of rotatable bonds is 1. The highest BCUT2D eigenvalue weighted by atomic mass is 16.1. The predicted octanol–water partition coefficient (Wildman–Crippen LogP) is 0.670. The summed E-state index contributed by atoms with van der Waals surface area (Å²) in [5.74, 6) is 0.981. The van der Waals surface area contributed by atoms with Crippen LogP contribution in [0.2, 0.25) is 0 Å². The topological polar surface area (TPSA) is 76.5 Å². The number of hydrogen-bond donors (Lipinski definition) is 1. The van der Waals surface area contributed by atoms with Gasteiger partial charge in [0.15, 0.2) is 11.6 Å². The Morgan fingerprint density at radius 1 is 1.35 bits per heavy atom. The predicted molar refractivity (Wildman–Crippen MR) is 61.5 cm³/mol. The normalized spacial score (nSPS) is 10.9. The van der Waals surface area contributed by atoms with Crippen molar-refractivity contribution in [2.75, 3.05) is 0 Å². The molecule has 0 spiro atoms. The number of nitrogens with zero attached hydrogens (tertiary/aromatic N) is 4. The van der Waals surface area contributed by atoms with Crippen LogP contribution in [-0.4, -0.2) is 24.7 Å². The van der Waals surface area contributed by atoms with E-state index in [1.165, 1.54) is 0 Å². The largest absolute Gasteiger partial charge is 0.304 e. The zero-order valence-corrected chi connectivity index (χ0v) is 9.08. The van der Waals surface area contributed by atoms with E-state index >= 15 is 0 Å². The third-order valence-electron chi connectivity index (χ3n) is 2.53. The molecule has 6 heteroatoms. The number of aromatic nitrogens is 5. The van der Waals surface area contributed by atoms with E-state index in [0.29, 0.717) is 17.2 Å². The van der Waals surface area contributed by atoms with Crippen LogP contribution in [0.25, 0.3) is 22.8 Å². The molecule has 0 radical (unpaired) electrons. The monoisotopic (exact) mass is 227 g/mol. The standard InChI is InChI=1S/C11H9N5O/c1-16-10-8(6-13-16)11(17)15-9(14-10)7-3-2-4-12-5-7/h2-6,13H,1H3. The van der Waals surface area contributed by atoms with Crippen molar-refractivity contribution in [3.05, 3.63) is 41.1 Å². The Bertz CT molecular complexity index is 685. The molecule has 0 saturated carbocycles. The number of aromatic amines is 1. The Balaban J connectivity index is 2.29. The Kier molecular flexibility index (Phi) is 2.01. The molecule has 0 atom stereocenters. The lowest BCUT2D eigenvalue weighted by Gasteiger charge is -2.02. The number of pyridine rings is 1. The third-order valence-corrected chi connectivity index (χ3v) is 2.53. The molecule has 3 rings (SSSR count). The van der Waals surface area contributed by atoms with Crippen LogP contribution >= 0.6 is 0 Å². The van der Waals surface area contributed by atoms with Gasteiger partial charge in [0.05, 0.1) is 0 Å². The van der Waals surface area contributed by atoms with Crippen LogP contribution < -0.4 is 5.56 Å². The number of hydrogen-bond acceptors (Lipinski definition) is 4. The fraction of sp³-hybridized carbons (Fsp3) is 0.0909. The highest BCUT2D eigenvalue weighted by molar-refractivity contribution is 5.61. The first-order valence-corrected chi connectivity index (χ1v) is 5.08. The molecule has 1 aromatic rings. The van der Waals surface area contributed by atoms with Crippen LogP contribution in [0.4, 0.5) is 0 Å². The highest BCUT2D eigenvalue weighted by Gasteiger charge is 2.15. The highest BCUT2D eigenvalue weighted by Crippen LogP contribution is 2.17. The molecule has 0 saturated heterocycles. The van der Waals surface area contributed by atoms with E-state index < -0.39 is 0 Å². The molecule has 0 unspecified atom stereocenters. The average molecular weight is 227 g/mol. The maximum Gasteiger partial charge on any atom is 0.284 e. The van der Waals surface area contributed by atoms with Crippen LogP contribution in [-0.2, 0) is 7.05 Å². The van der Waals surface area contributed by atoms with Gasteiger partial charge >= 0.3 is 0 Å². The van der Waals surface area contributed by atoms with Crippen molar-refractivity contribution >= 4 is 0 Å². The first kappa shape index (κ1) is 9.71. The SMILES string of the molecule is Cn1[nH]cc2c(=O)nc(-c3cccnc3)nc1-2. The van der Waals surface area contributed by atoms with Gasteiger partial charge in [0, 0.05) is 31.2 Å².